The molecule has 8 heteroatoms. The van der Waals surface area contributed by atoms with Crippen LogP contribution in [0.3, 0.4) is 0 Å². The van der Waals surface area contributed by atoms with Crippen molar-refractivity contribution in [3.63, 3.8) is 0 Å². The number of hydrogen-bond acceptors (Lipinski definition) is 6. The zero-order valence-electron chi connectivity index (χ0n) is 19.0. The largest absolute Gasteiger partial charge is 0.495 e. The number of hydrazine groups is 1. The summed E-state index contributed by atoms with van der Waals surface area (Å²) >= 11 is 1.41. The third-order valence-electron chi connectivity index (χ3n) is 4.92. The molecule has 2 aromatic rings. The van der Waals surface area contributed by atoms with E-state index in [0.29, 0.717) is 11.4 Å². The number of thiophene rings is 1. The van der Waals surface area contributed by atoms with Gasteiger partial charge in [0.25, 0.3) is 0 Å². The molecule has 173 valence electrons. The molecule has 0 fully saturated rings. The number of carbonyl (C=O) groups excluding carboxylic acids is 2. The van der Waals surface area contributed by atoms with Crippen LogP contribution in [0, 0.1) is 6.92 Å². The fourth-order valence-electron chi connectivity index (χ4n) is 3.18. The summed E-state index contributed by atoms with van der Waals surface area (Å²) in [6.07, 6.45) is 5.09. The van der Waals surface area contributed by atoms with Gasteiger partial charge < -0.3 is 16.8 Å². The van der Waals surface area contributed by atoms with Gasteiger partial charge in [0.05, 0.1) is 11.8 Å². The number of carbonyl (C=O) groups is 2. The molecule has 1 amide bonds. The number of benzene rings is 1. The van der Waals surface area contributed by atoms with E-state index in [1.165, 1.54) is 18.3 Å². The zero-order valence-corrected chi connectivity index (χ0v) is 22.7. The number of esters is 1. The predicted molar refractivity (Wildman–Crippen MR) is 125 cm³/mol. The number of rotatable bonds is 13. The summed E-state index contributed by atoms with van der Waals surface area (Å²) < 4.78 is 4.91. The minimum atomic E-state index is -0.453. The molecule has 1 aromatic carbocycles. The fourth-order valence-corrected chi connectivity index (χ4v) is 4.12. The van der Waals surface area contributed by atoms with Crippen LogP contribution in [0.5, 0.6) is 0 Å². The third-order valence-corrected chi connectivity index (χ3v) is 6.05. The maximum atomic E-state index is 12.0. The molecule has 2 N–H and O–H groups in total. The van der Waals surface area contributed by atoms with E-state index in [0.717, 1.165) is 54.7 Å². The molecular formula is C24H33N2O4SY-. The molecule has 1 heterocycles. The Hall–Kier alpha value is -1.28. The van der Waals surface area contributed by atoms with Gasteiger partial charge in [0, 0.05) is 51.1 Å². The molecule has 0 aliphatic carbocycles. The van der Waals surface area contributed by atoms with Gasteiger partial charge in [-0.15, -0.1) is 11.3 Å². The van der Waals surface area contributed by atoms with E-state index in [1.54, 1.807) is 11.1 Å². The molecule has 0 spiro atoms. The maximum Gasteiger partial charge on any atom is 0.345 e. The van der Waals surface area contributed by atoms with Gasteiger partial charge in [-0.05, 0) is 55.7 Å². The number of aliphatic hydroxyl groups is 1. The molecule has 1 atom stereocenters. The van der Waals surface area contributed by atoms with Crippen molar-refractivity contribution in [1.82, 2.24) is 5.01 Å². The van der Waals surface area contributed by atoms with Gasteiger partial charge in [-0.1, -0.05) is 38.3 Å². The van der Waals surface area contributed by atoms with Crippen LogP contribution in [0.4, 0.5) is 5.69 Å². The SMILES string of the molecule is [CH2-]COC(=O)c1ccc(CCCN(Nc2ccc(C(O)CCCCC)cc2)C(C)=O)s1.[Y]. The van der Waals surface area contributed by atoms with Crippen molar-refractivity contribution in [2.45, 2.75) is 58.5 Å². The first-order valence-electron chi connectivity index (χ1n) is 10.8. The quantitative estimate of drug-likeness (QED) is 0.161. The molecule has 6 nitrogen and oxygen atoms in total. The molecule has 0 bridgehead atoms. The molecule has 0 saturated carbocycles. The van der Waals surface area contributed by atoms with E-state index >= 15 is 0 Å². The first-order valence-corrected chi connectivity index (χ1v) is 11.6. The molecule has 0 aliphatic heterocycles. The smallest absolute Gasteiger partial charge is 0.345 e. The number of anilines is 1. The first-order chi connectivity index (χ1) is 14.9. The second-order valence-electron chi connectivity index (χ2n) is 7.42. The van der Waals surface area contributed by atoms with Crippen LogP contribution < -0.4 is 5.43 Å². The van der Waals surface area contributed by atoms with Gasteiger partial charge >= 0.3 is 5.97 Å². The van der Waals surface area contributed by atoms with Gasteiger partial charge in [-0.2, -0.15) is 0 Å². The number of aliphatic hydroxyl groups excluding tert-OH is 1. The summed E-state index contributed by atoms with van der Waals surface area (Å²) in [5, 5.41) is 11.9. The molecule has 2 rings (SSSR count). The molecular weight excluding hydrogens is 501 g/mol. The van der Waals surface area contributed by atoms with Crippen molar-refractivity contribution in [1.29, 1.82) is 0 Å². The van der Waals surface area contributed by atoms with Gasteiger partial charge in [0.15, 0.2) is 0 Å². The summed E-state index contributed by atoms with van der Waals surface area (Å²) in [5.74, 6) is -0.424. The van der Waals surface area contributed by atoms with Crippen molar-refractivity contribution >= 4 is 28.9 Å². The van der Waals surface area contributed by atoms with Gasteiger partial charge in [-0.3, -0.25) is 15.2 Å². The van der Waals surface area contributed by atoms with Gasteiger partial charge in [0.1, 0.15) is 4.88 Å². The molecule has 0 aliphatic rings. The summed E-state index contributed by atoms with van der Waals surface area (Å²) in [4.78, 5) is 25.4. The number of amides is 1. The Morgan fingerprint density at radius 1 is 1.16 bits per heavy atom. The van der Waals surface area contributed by atoms with E-state index in [9.17, 15) is 14.7 Å². The zero-order chi connectivity index (χ0) is 22.6. The molecule has 1 aromatic heterocycles. The van der Waals surface area contributed by atoms with E-state index in [1.807, 2.05) is 30.3 Å². The second kappa shape index (κ2) is 15.5. The number of ether oxygens (including phenoxy) is 1. The standard InChI is InChI=1S/C24H33N2O4S.Y/c1-4-6-7-10-22(28)19-11-13-20(14-12-19)25-26(18(3)27)17-8-9-21-15-16-23(31-21)24(29)30-5-2;/h11-16,22,25,28H,2,4-10,17H2,1,3H3;/q-1;. The average Bonchev–Trinajstić information content (AvgIpc) is 3.23. The number of nitrogens with one attached hydrogen (secondary N) is 1. The average molecular weight is 535 g/mol. The van der Waals surface area contributed by atoms with Crippen molar-refractivity contribution in [2.75, 3.05) is 18.6 Å². The molecule has 0 saturated heterocycles. The van der Waals surface area contributed by atoms with Gasteiger partial charge in [-0.25, -0.2) is 4.79 Å². The molecule has 32 heavy (non-hydrogen) atoms. The van der Waals surface area contributed by atoms with Crippen LogP contribution in [0.15, 0.2) is 36.4 Å². The van der Waals surface area contributed by atoms with Crippen LogP contribution in [0.2, 0.25) is 0 Å². The van der Waals surface area contributed by atoms with Crippen molar-refractivity contribution in [3.8, 4) is 0 Å². The Kier molecular flexibility index (Phi) is 14.0. The Labute approximate surface area is 220 Å². The van der Waals surface area contributed by atoms with Crippen molar-refractivity contribution in [2.24, 2.45) is 0 Å². The number of nitrogens with zero attached hydrogens (tertiary/aromatic N) is 1. The van der Waals surface area contributed by atoms with E-state index < -0.39 is 6.10 Å². The summed E-state index contributed by atoms with van der Waals surface area (Å²) in [6.45, 7) is 7.83. The minimum Gasteiger partial charge on any atom is -0.495 e. The predicted octanol–water partition coefficient (Wildman–Crippen LogP) is 5.16. The fraction of sp³-hybridized carbons (Fsp3) is 0.458. The Morgan fingerprint density at radius 3 is 2.50 bits per heavy atom. The monoisotopic (exact) mass is 534 g/mol. The number of unbranched alkanes of at least 4 members (excludes halogenated alkanes) is 2. The van der Waals surface area contributed by atoms with Crippen LogP contribution in [0.1, 0.15) is 72.2 Å². The van der Waals surface area contributed by atoms with Crippen LogP contribution in [-0.2, 0) is 48.7 Å². The summed E-state index contributed by atoms with van der Waals surface area (Å²) in [5.41, 5.74) is 4.84. The van der Waals surface area contributed by atoms with E-state index in [4.69, 9.17) is 4.74 Å². The Bertz CT molecular complexity index is 826. The molecule has 1 radical (unpaired) electrons. The Morgan fingerprint density at radius 2 is 1.88 bits per heavy atom. The first kappa shape index (κ1) is 28.8. The number of hydrogen-bond donors (Lipinski definition) is 2. The van der Waals surface area contributed by atoms with Crippen molar-refractivity contribution < 1.29 is 52.1 Å². The van der Waals surface area contributed by atoms with E-state index in [2.05, 4.69) is 19.3 Å². The Balaban J connectivity index is 0.00000512. The maximum absolute atomic E-state index is 12.0. The minimum absolute atomic E-state index is 0. The van der Waals surface area contributed by atoms with E-state index in [-0.39, 0.29) is 51.2 Å². The van der Waals surface area contributed by atoms with Crippen LogP contribution in [-0.4, -0.2) is 35.1 Å². The summed E-state index contributed by atoms with van der Waals surface area (Å²) in [7, 11) is 0. The second-order valence-corrected chi connectivity index (χ2v) is 8.59. The number of aryl methyl sites for hydroxylation is 1. The molecule has 1 unspecified atom stereocenters. The topological polar surface area (TPSA) is 78.9 Å². The summed E-state index contributed by atoms with van der Waals surface area (Å²) in [6, 6.07) is 11.2. The third kappa shape index (κ3) is 9.69. The van der Waals surface area contributed by atoms with Crippen LogP contribution >= 0.6 is 11.3 Å². The van der Waals surface area contributed by atoms with Crippen molar-refractivity contribution in [3.05, 3.63) is 58.6 Å². The van der Waals surface area contributed by atoms with Crippen LogP contribution in [0.25, 0.3) is 0 Å². The normalized spacial score (nSPS) is 11.4. The van der Waals surface area contributed by atoms with Gasteiger partial charge in [0.2, 0.25) is 5.91 Å².